The molecule has 7 heteroatoms. The quantitative estimate of drug-likeness (QED) is 0.823. The summed E-state index contributed by atoms with van der Waals surface area (Å²) in [7, 11) is 0. The van der Waals surface area contributed by atoms with Crippen molar-refractivity contribution in [2.75, 3.05) is 18.0 Å². The van der Waals surface area contributed by atoms with Gasteiger partial charge in [0.2, 0.25) is 0 Å². The Morgan fingerprint density at radius 2 is 1.58 bits per heavy atom. The number of halogens is 1. The molecule has 0 radical (unpaired) electrons. The van der Waals surface area contributed by atoms with E-state index in [0.717, 1.165) is 18.0 Å². The van der Waals surface area contributed by atoms with Crippen LogP contribution in [0, 0.1) is 0 Å². The third-order valence-electron chi connectivity index (χ3n) is 3.92. The summed E-state index contributed by atoms with van der Waals surface area (Å²) in [5.74, 6) is -0.0568. The molecule has 1 fully saturated rings. The zero-order valence-electron chi connectivity index (χ0n) is 12.5. The maximum absolute atomic E-state index is 12.6. The molecule has 1 saturated heterocycles. The predicted octanol–water partition coefficient (Wildman–Crippen LogP) is 2.32. The predicted molar refractivity (Wildman–Crippen MR) is 92.1 cm³/mol. The summed E-state index contributed by atoms with van der Waals surface area (Å²) in [6.45, 7) is 1.57. The van der Waals surface area contributed by atoms with Gasteiger partial charge in [-0.05, 0) is 30.3 Å². The first kappa shape index (κ1) is 14.7. The van der Waals surface area contributed by atoms with Crippen molar-refractivity contribution in [1.29, 1.82) is 0 Å². The zero-order valence-corrected chi connectivity index (χ0v) is 13.3. The summed E-state index contributed by atoms with van der Waals surface area (Å²) >= 11 is 6.19. The van der Waals surface area contributed by atoms with E-state index >= 15 is 0 Å². The average molecular weight is 341 g/mol. The average Bonchev–Trinajstić information content (AvgIpc) is 3.18. The molecule has 2 aromatic rings. The van der Waals surface area contributed by atoms with Crippen molar-refractivity contribution in [2.24, 2.45) is 4.99 Å². The second-order valence-electron chi connectivity index (χ2n) is 5.44. The van der Waals surface area contributed by atoms with Crippen LogP contribution in [0.15, 0.2) is 47.5 Å². The van der Waals surface area contributed by atoms with Crippen LogP contribution in [0.5, 0.6) is 0 Å². The lowest BCUT2D eigenvalue weighted by Gasteiger charge is -2.15. The molecular weight excluding hydrogens is 328 g/mol. The van der Waals surface area contributed by atoms with Crippen molar-refractivity contribution >= 4 is 40.7 Å². The Hall–Kier alpha value is -2.86. The molecule has 0 spiro atoms. The number of hydrogen-bond acceptors (Lipinski definition) is 3. The van der Waals surface area contributed by atoms with Crippen LogP contribution in [-0.4, -0.2) is 30.9 Å². The van der Waals surface area contributed by atoms with Crippen molar-refractivity contribution in [3.63, 3.8) is 0 Å². The van der Waals surface area contributed by atoms with Gasteiger partial charge in [-0.15, -0.1) is 0 Å². The molecule has 120 valence electrons. The van der Waals surface area contributed by atoms with E-state index in [1.807, 2.05) is 0 Å². The molecule has 2 aliphatic heterocycles. The van der Waals surface area contributed by atoms with E-state index < -0.39 is 0 Å². The van der Waals surface area contributed by atoms with Gasteiger partial charge in [0.25, 0.3) is 11.8 Å². The first-order chi connectivity index (χ1) is 11.6. The highest BCUT2D eigenvalue weighted by atomic mass is 35.5. The Kier molecular flexibility index (Phi) is 3.46. The number of benzene rings is 2. The van der Waals surface area contributed by atoms with Gasteiger partial charge in [0.1, 0.15) is 0 Å². The van der Waals surface area contributed by atoms with Crippen molar-refractivity contribution in [2.45, 2.75) is 0 Å². The summed E-state index contributed by atoms with van der Waals surface area (Å²) in [6, 6.07) is 11.7. The summed E-state index contributed by atoms with van der Waals surface area (Å²) in [6.07, 6.45) is 0. The fraction of sp³-hybridized carbons (Fsp3) is 0.118. The van der Waals surface area contributed by atoms with E-state index in [1.165, 1.54) is 0 Å². The van der Waals surface area contributed by atoms with Crippen molar-refractivity contribution in [3.05, 3.63) is 58.6 Å². The van der Waals surface area contributed by atoms with Gasteiger partial charge in [0, 0.05) is 13.1 Å². The number of nitrogens with one attached hydrogen (secondary N) is 2. The number of aliphatic imine (C=N–C) groups is 1. The van der Waals surface area contributed by atoms with Crippen LogP contribution >= 0.6 is 11.6 Å². The number of carbonyl (C=O) groups is 2. The third kappa shape index (κ3) is 2.32. The maximum atomic E-state index is 12.6. The first-order valence-corrected chi connectivity index (χ1v) is 7.87. The zero-order chi connectivity index (χ0) is 16.7. The van der Waals surface area contributed by atoms with Crippen LogP contribution in [0.2, 0.25) is 5.02 Å². The summed E-state index contributed by atoms with van der Waals surface area (Å²) < 4.78 is 0. The Morgan fingerprint density at radius 3 is 2.21 bits per heavy atom. The molecule has 24 heavy (non-hydrogen) atoms. The molecular formula is C17H13ClN4O2. The Morgan fingerprint density at radius 1 is 0.958 bits per heavy atom. The van der Waals surface area contributed by atoms with Crippen LogP contribution in [-0.2, 0) is 0 Å². The summed E-state index contributed by atoms with van der Waals surface area (Å²) in [4.78, 5) is 30.7. The number of fused-ring (bicyclic) bond motifs is 1. The monoisotopic (exact) mass is 340 g/mol. The molecule has 2 N–H and O–H groups in total. The molecule has 4 rings (SSSR count). The highest BCUT2D eigenvalue weighted by molar-refractivity contribution is 6.35. The van der Waals surface area contributed by atoms with Crippen LogP contribution in [0.4, 0.5) is 11.4 Å². The Bertz CT molecular complexity index is 851. The van der Waals surface area contributed by atoms with Gasteiger partial charge in [-0.1, -0.05) is 23.7 Å². The molecule has 0 aromatic heterocycles. The summed E-state index contributed by atoms with van der Waals surface area (Å²) in [5, 5.41) is 6.61. The fourth-order valence-corrected chi connectivity index (χ4v) is 2.93. The minimum absolute atomic E-state index is 0.339. The van der Waals surface area contributed by atoms with Crippen molar-refractivity contribution in [1.82, 2.24) is 10.6 Å². The molecule has 0 unspecified atom stereocenters. The largest absolute Gasteiger partial charge is 0.354 e. The van der Waals surface area contributed by atoms with E-state index in [1.54, 1.807) is 42.5 Å². The molecule has 2 amide bonds. The topological polar surface area (TPSA) is 73.8 Å². The van der Waals surface area contributed by atoms with E-state index in [9.17, 15) is 9.59 Å². The lowest BCUT2D eigenvalue weighted by molar-refractivity contribution is 0.0926. The van der Waals surface area contributed by atoms with Crippen LogP contribution in [0.3, 0.4) is 0 Å². The molecule has 6 nitrogen and oxygen atoms in total. The van der Waals surface area contributed by atoms with E-state index in [2.05, 4.69) is 15.6 Å². The van der Waals surface area contributed by atoms with Crippen molar-refractivity contribution in [3.8, 4) is 0 Å². The van der Waals surface area contributed by atoms with E-state index in [0.29, 0.717) is 33.5 Å². The van der Waals surface area contributed by atoms with Gasteiger partial charge in [-0.3, -0.25) is 9.59 Å². The SMILES string of the molecule is O=C1c2ccccc2C(=O)N1c1ccc(Cl)c(N=C2NCCN2)c1. The second kappa shape index (κ2) is 5.65. The fourth-order valence-electron chi connectivity index (χ4n) is 2.77. The maximum Gasteiger partial charge on any atom is 0.266 e. The molecule has 2 heterocycles. The normalized spacial score (nSPS) is 16.0. The molecule has 0 atom stereocenters. The van der Waals surface area contributed by atoms with Crippen LogP contribution < -0.4 is 15.5 Å². The van der Waals surface area contributed by atoms with Gasteiger partial charge >= 0.3 is 0 Å². The van der Waals surface area contributed by atoms with Gasteiger partial charge < -0.3 is 10.6 Å². The Balaban J connectivity index is 1.74. The number of carbonyl (C=O) groups excluding carboxylic acids is 2. The number of guanidine groups is 1. The Labute approximate surface area is 143 Å². The van der Waals surface area contributed by atoms with E-state index in [4.69, 9.17) is 11.6 Å². The lowest BCUT2D eigenvalue weighted by atomic mass is 10.1. The standard InChI is InChI=1S/C17H13ClN4O2/c18-13-6-5-10(9-14(13)21-17-19-7-8-20-17)22-15(23)11-3-1-2-4-12(11)16(22)24/h1-6,9H,7-8H2,(H2,19,20,21). The molecule has 2 aliphatic rings. The van der Waals surface area contributed by atoms with E-state index in [-0.39, 0.29) is 11.8 Å². The van der Waals surface area contributed by atoms with Crippen LogP contribution in [0.1, 0.15) is 20.7 Å². The van der Waals surface area contributed by atoms with Gasteiger partial charge in [-0.2, -0.15) is 0 Å². The molecule has 0 saturated carbocycles. The third-order valence-corrected chi connectivity index (χ3v) is 4.24. The van der Waals surface area contributed by atoms with Crippen LogP contribution in [0.25, 0.3) is 0 Å². The van der Waals surface area contributed by atoms with Gasteiger partial charge in [-0.25, -0.2) is 9.89 Å². The van der Waals surface area contributed by atoms with Gasteiger partial charge in [0.05, 0.1) is 27.5 Å². The number of imide groups is 1. The number of rotatable bonds is 2. The molecule has 2 aromatic carbocycles. The number of anilines is 1. The number of amides is 2. The second-order valence-corrected chi connectivity index (χ2v) is 5.85. The lowest BCUT2D eigenvalue weighted by Crippen LogP contribution is -2.29. The first-order valence-electron chi connectivity index (χ1n) is 7.49. The summed E-state index contributed by atoms with van der Waals surface area (Å²) in [5.41, 5.74) is 1.75. The number of nitrogens with zero attached hydrogens (tertiary/aromatic N) is 2. The highest BCUT2D eigenvalue weighted by Crippen LogP contribution is 2.34. The minimum Gasteiger partial charge on any atom is -0.354 e. The number of hydrogen-bond donors (Lipinski definition) is 2. The smallest absolute Gasteiger partial charge is 0.266 e. The highest BCUT2D eigenvalue weighted by Gasteiger charge is 2.36. The van der Waals surface area contributed by atoms with Crippen molar-refractivity contribution < 1.29 is 9.59 Å². The minimum atomic E-state index is -0.339. The molecule has 0 aliphatic carbocycles. The molecule has 0 bridgehead atoms. The van der Waals surface area contributed by atoms with Gasteiger partial charge in [0.15, 0.2) is 5.96 Å².